The van der Waals surface area contributed by atoms with Gasteiger partial charge in [0.15, 0.2) is 0 Å². The number of pyridine rings is 1. The third-order valence-corrected chi connectivity index (χ3v) is 5.68. The molecule has 0 radical (unpaired) electrons. The normalized spacial score (nSPS) is 14.0. The summed E-state index contributed by atoms with van der Waals surface area (Å²) in [5.74, 6) is -0.220. The second-order valence-electron chi connectivity index (χ2n) is 7.53. The molecule has 2 aromatic heterocycles. The molecule has 1 aliphatic heterocycles. The molecule has 0 bridgehead atoms. The maximum Gasteiger partial charge on any atom is 0.123 e. The molecule has 3 nitrogen and oxygen atoms in total. The maximum atomic E-state index is 13.4. The molecule has 0 unspecified atom stereocenters. The van der Waals surface area contributed by atoms with Gasteiger partial charge in [-0.2, -0.15) is 0 Å². The van der Waals surface area contributed by atoms with Gasteiger partial charge in [-0.15, -0.1) is 0 Å². The lowest BCUT2D eigenvalue weighted by atomic mass is 9.96. The first-order valence-electron chi connectivity index (χ1n) is 9.93. The highest BCUT2D eigenvalue weighted by Gasteiger charge is 2.20. The standard InChI is InChI=1S/C25H22FN3/c26-22-7-5-19(6-8-22)23-15-28-24(25(23)20-9-12-27-13-10-20)17-29-14-11-18-3-1-2-4-21(18)16-29/h1-10,12-13,15,28H,11,14,16-17H2. The molecule has 0 fully saturated rings. The zero-order valence-electron chi connectivity index (χ0n) is 16.1. The summed E-state index contributed by atoms with van der Waals surface area (Å²) in [6.45, 7) is 2.84. The summed E-state index contributed by atoms with van der Waals surface area (Å²) in [5, 5.41) is 0. The highest BCUT2D eigenvalue weighted by Crippen LogP contribution is 2.36. The van der Waals surface area contributed by atoms with Gasteiger partial charge in [-0.1, -0.05) is 36.4 Å². The van der Waals surface area contributed by atoms with Crippen LogP contribution in [0.1, 0.15) is 16.8 Å². The van der Waals surface area contributed by atoms with Crippen molar-refractivity contribution in [3.05, 3.63) is 102 Å². The number of nitrogens with one attached hydrogen (secondary N) is 1. The Hall–Kier alpha value is -3.24. The van der Waals surface area contributed by atoms with Crippen LogP contribution in [0.4, 0.5) is 4.39 Å². The Morgan fingerprint density at radius 1 is 0.897 bits per heavy atom. The number of hydrogen-bond acceptors (Lipinski definition) is 2. The summed E-state index contributed by atoms with van der Waals surface area (Å²) >= 11 is 0. The molecule has 144 valence electrons. The van der Waals surface area contributed by atoms with Crippen LogP contribution in [-0.4, -0.2) is 21.4 Å². The smallest absolute Gasteiger partial charge is 0.123 e. The first-order chi connectivity index (χ1) is 14.3. The summed E-state index contributed by atoms with van der Waals surface area (Å²) in [7, 11) is 0. The number of aromatic nitrogens is 2. The van der Waals surface area contributed by atoms with Crippen molar-refractivity contribution >= 4 is 0 Å². The molecule has 0 atom stereocenters. The maximum absolute atomic E-state index is 13.4. The number of benzene rings is 2. The fourth-order valence-electron chi connectivity index (χ4n) is 4.21. The molecule has 4 aromatic rings. The largest absolute Gasteiger partial charge is 0.363 e. The van der Waals surface area contributed by atoms with Gasteiger partial charge in [-0.3, -0.25) is 9.88 Å². The fraction of sp³-hybridized carbons (Fsp3) is 0.160. The lowest BCUT2D eigenvalue weighted by molar-refractivity contribution is 0.243. The molecular formula is C25H22FN3. The Labute approximate surface area is 169 Å². The number of fused-ring (bicyclic) bond motifs is 1. The molecule has 0 spiro atoms. The molecular weight excluding hydrogens is 361 g/mol. The van der Waals surface area contributed by atoms with E-state index in [0.29, 0.717) is 0 Å². The average Bonchev–Trinajstić information content (AvgIpc) is 3.18. The summed E-state index contributed by atoms with van der Waals surface area (Å²) in [5.41, 5.74) is 8.42. The highest BCUT2D eigenvalue weighted by molar-refractivity contribution is 5.85. The van der Waals surface area contributed by atoms with Crippen molar-refractivity contribution in [2.75, 3.05) is 6.54 Å². The number of hydrogen-bond donors (Lipinski definition) is 1. The zero-order valence-corrected chi connectivity index (χ0v) is 16.1. The fourth-order valence-corrected chi connectivity index (χ4v) is 4.21. The van der Waals surface area contributed by atoms with Crippen LogP contribution >= 0.6 is 0 Å². The van der Waals surface area contributed by atoms with Gasteiger partial charge in [0.25, 0.3) is 0 Å². The lowest BCUT2D eigenvalue weighted by Gasteiger charge is -2.28. The number of halogens is 1. The molecule has 1 N–H and O–H groups in total. The Kier molecular flexibility index (Phi) is 4.70. The third kappa shape index (κ3) is 3.59. The molecule has 1 aliphatic rings. The second kappa shape index (κ2) is 7.64. The van der Waals surface area contributed by atoms with Crippen LogP contribution < -0.4 is 0 Å². The number of nitrogens with zero attached hydrogens (tertiary/aromatic N) is 2. The van der Waals surface area contributed by atoms with Crippen molar-refractivity contribution in [1.29, 1.82) is 0 Å². The van der Waals surface area contributed by atoms with Crippen molar-refractivity contribution in [1.82, 2.24) is 14.9 Å². The van der Waals surface area contributed by atoms with Gasteiger partial charge in [0, 0.05) is 55.0 Å². The van der Waals surface area contributed by atoms with E-state index in [1.54, 1.807) is 0 Å². The van der Waals surface area contributed by atoms with Gasteiger partial charge in [0.05, 0.1) is 0 Å². The molecule has 0 aliphatic carbocycles. The van der Waals surface area contributed by atoms with Gasteiger partial charge >= 0.3 is 0 Å². The van der Waals surface area contributed by atoms with Crippen LogP contribution in [-0.2, 0) is 19.5 Å². The Morgan fingerprint density at radius 3 is 2.45 bits per heavy atom. The number of H-pyrrole nitrogens is 1. The average molecular weight is 383 g/mol. The first kappa shape index (κ1) is 17.8. The minimum absolute atomic E-state index is 0.220. The molecule has 3 heterocycles. The van der Waals surface area contributed by atoms with Gasteiger partial charge in [0.2, 0.25) is 0 Å². The minimum atomic E-state index is -0.220. The number of rotatable bonds is 4. The van der Waals surface area contributed by atoms with E-state index in [1.807, 2.05) is 42.9 Å². The van der Waals surface area contributed by atoms with Crippen LogP contribution in [0.3, 0.4) is 0 Å². The quantitative estimate of drug-likeness (QED) is 0.509. The Morgan fingerprint density at radius 2 is 1.66 bits per heavy atom. The second-order valence-corrected chi connectivity index (χ2v) is 7.53. The van der Waals surface area contributed by atoms with E-state index in [2.05, 4.69) is 39.1 Å². The van der Waals surface area contributed by atoms with Crippen molar-refractivity contribution in [2.24, 2.45) is 0 Å². The lowest BCUT2D eigenvalue weighted by Crippen LogP contribution is -2.30. The van der Waals surface area contributed by atoms with E-state index >= 15 is 0 Å². The highest BCUT2D eigenvalue weighted by atomic mass is 19.1. The van der Waals surface area contributed by atoms with E-state index in [-0.39, 0.29) is 5.82 Å². The molecule has 29 heavy (non-hydrogen) atoms. The van der Waals surface area contributed by atoms with Gasteiger partial charge in [-0.25, -0.2) is 4.39 Å². The summed E-state index contributed by atoms with van der Waals surface area (Å²) in [6, 6.07) is 19.5. The zero-order chi connectivity index (χ0) is 19.6. The van der Waals surface area contributed by atoms with Crippen molar-refractivity contribution in [3.63, 3.8) is 0 Å². The molecule has 0 amide bonds. The van der Waals surface area contributed by atoms with Crippen LogP contribution in [0.25, 0.3) is 22.3 Å². The number of aromatic amines is 1. The SMILES string of the molecule is Fc1ccc(-c2c[nH]c(CN3CCc4ccccc4C3)c2-c2ccncc2)cc1. The Bertz CT molecular complexity index is 1120. The molecule has 2 aromatic carbocycles. The van der Waals surface area contributed by atoms with Crippen LogP contribution in [0, 0.1) is 5.82 Å². The van der Waals surface area contributed by atoms with E-state index in [4.69, 9.17) is 0 Å². The monoisotopic (exact) mass is 383 g/mol. The topological polar surface area (TPSA) is 31.9 Å². The van der Waals surface area contributed by atoms with Crippen molar-refractivity contribution in [3.8, 4) is 22.3 Å². The van der Waals surface area contributed by atoms with Gasteiger partial charge in [-0.05, 0) is 52.9 Å². The van der Waals surface area contributed by atoms with Gasteiger partial charge in [0.1, 0.15) is 5.82 Å². The van der Waals surface area contributed by atoms with Crippen molar-refractivity contribution in [2.45, 2.75) is 19.5 Å². The predicted molar refractivity (Wildman–Crippen MR) is 114 cm³/mol. The third-order valence-electron chi connectivity index (χ3n) is 5.68. The van der Waals surface area contributed by atoms with Crippen LogP contribution in [0.2, 0.25) is 0 Å². The van der Waals surface area contributed by atoms with E-state index in [1.165, 1.54) is 29.0 Å². The van der Waals surface area contributed by atoms with E-state index in [9.17, 15) is 4.39 Å². The summed E-state index contributed by atoms with van der Waals surface area (Å²) < 4.78 is 13.4. The molecule has 5 rings (SSSR count). The van der Waals surface area contributed by atoms with Crippen molar-refractivity contribution < 1.29 is 4.39 Å². The van der Waals surface area contributed by atoms with Crippen LogP contribution in [0.15, 0.2) is 79.3 Å². The van der Waals surface area contributed by atoms with E-state index in [0.717, 1.165) is 48.3 Å². The van der Waals surface area contributed by atoms with E-state index < -0.39 is 0 Å². The summed E-state index contributed by atoms with van der Waals surface area (Å²) in [4.78, 5) is 10.2. The molecule has 0 saturated heterocycles. The van der Waals surface area contributed by atoms with Gasteiger partial charge < -0.3 is 4.98 Å². The minimum Gasteiger partial charge on any atom is -0.363 e. The predicted octanol–water partition coefficient (Wildman–Crippen LogP) is 5.44. The first-order valence-corrected chi connectivity index (χ1v) is 9.93. The molecule has 4 heteroatoms. The summed E-state index contributed by atoms with van der Waals surface area (Å²) in [6.07, 6.45) is 6.75. The Balaban J connectivity index is 1.51. The van der Waals surface area contributed by atoms with Crippen LogP contribution in [0.5, 0.6) is 0 Å². The molecule has 0 saturated carbocycles.